The van der Waals surface area contributed by atoms with Gasteiger partial charge >= 0.3 is 0 Å². The van der Waals surface area contributed by atoms with Gasteiger partial charge in [-0.05, 0) is 24.7 Å². The summed E-state index contributed by atoms with van der Waals surface area (Å²) in [6.07, 6.45) is 0. The standard InChI is InChI=1S/C12H9N3S3/c1-8-13-14-11(18-8)15-10(7-17-12(15)16)9-5-3-2-4-6-9/h2-7H,1H3. The number of hydrogen-bond acceptors (Lipinski definition) is 5. The molecule has 0 bridgehead atoms. The number of thiazole rings is 1. The molecule has 0 N–H and O–H groups in total. The van der Waals surface area contributed by atoms with Crippen molar-refractivity contribution in [3.63, 3.8) is 0 Å². The van der Waals surface area contributed by atoms with Crippen LogP contribution in [-0.4, -0.2) is 14.8 Å². The lowest BCUT2D eigenvalue weighted by atomic mass is 10.2. The Hall–Kier alpha value is -1.37. The van der Waals surface area contributed by atoms with Crippen LogP contribution in [0.25, 0.3) is 16.4 Å². The van der Waals surface area contributed by atoms with Crippen LogP contribution in [0.4, 0.5) is 0 Å². The van der Waals surface area contributed by atoms with Crippen LogP contribution in [-0.2, 0) is 0 Å². The molecule has 0 atom stereocenters. The zero-order valence-electron chi connectivity index (χ0n) is 9.53. The van der Waals surface area contributed by atoms with E-state index >= 15 is 0 Å². The lowest BCUT2D eigenvalue weighted by Gasteiger charge is -2.04. The molecule has 3 nitrogen and oxygen atoms in total. The predicted octanol–water partition coefficient (Wildman–Crippen LogP) is 4.10. The molecule has 18 heavy (non-hydrogen) atoms. The van der Waals surface area contributed by atoms with Gasteiger partial charge in [-0.3, -0.25) is 4.57 Å². The van der Waals surface area contributed by atoms with Crippen molar-refractivity contribution in [1.29, 1.82) is 0 Å². The van der Waals surface area contributed by atoms with E-state index in [1.807, 2.05) is 29.7 Å². The molecule has 6 heteroatoms. The normalized spacial score (nSPS) is 10.7. The number of benzene rings is 1. The van der Waals surface area contributed by atoms with Crippen molar-refractivity contribution >= 4 is 34.9 Å². The Morgan fingerprint density at radius 3 is 2.61 bits per heavy atom. The molecule has 3 aromatic rings. The van der Waals surface area contributed by atoms with Gasteiger partial charge in [0.2, 0.25) is 5.13 Å². The highest BCUT2D eigenvalue weighted by Crippen LogP contribution is 2.28. The van der Waals surface area contributed by atoms with E-state index in [0.29, 0.717) is 0 Å². The lowest BCUT2D eigenvalue weighted by Crippen LogP contribution is -1.95. The van der Waals surface area contributed by atoms with E-state index in [-0.39, 0.29) is 0 Å². The second-order valence-electron chi connectivity index (χ2n) is 3.69. The molecule has 0 aliphatic heterocycles. The van der Waals surface area contributed by atoms with Crippen molar-refractivity contribution in [2.45, 2.75) is 6.92 Å². The molecule has 2 aromatic heterocycles. The fourth-order valence-electron chi connectivity index (χ4n) is 1.67. The largest absolute Gasteiger partial charge is 0.265 e. The Labute approximate surface area is 117 Å². The maximum absolute atomic E-state index is 5.38. The second kappa shape index (κ2) is 4.72. The third-order valence-corrected chi connectivity index (χ3v) is 4.49. The summed E-state index contributed by atoms with van der Waals surface area (Å²) in [5.74, 6) is 0. The molecule has 0 fully saturated rings. The van der Waals surface area contributed by atoms with Crippen molar-refractivity contribution in [3.8, 4) is 16.4 Å². The van der Waals surface area contributed by atoms with Gasteiger partial charge in [0.15, 0.2) is 3.95 Å². The molecule has 0 saturated carbocycles. The summed E-state index contributed by atoms with van der Waals surface area (Å²) in [7, 11) is 0. The summed E-state index contributed by atoms with van der Waals surface area (Å²) in [6, 6.07) is 10.2. The highest BCUT2D eigenvalue weighted by molar-refractivity contribution is 7.73. The Bertz CT molecular complexity index is 724. The number of hydrogen-bond donors (Lipinski definition) is 0. The van der Waals surface area contributed by atoms with Crippen LogP contribution in [0, 0.1) is 10.9 Å². The van der Waals surface area contributed by atoms with Crippen molar-refractivity contribution in [2.24, 2.45) is 0 Å². The van der Waals surface area contributed by atoms with Gasteiger partial charge in [0.25, 0.3) is 0 Å². The number of aromatic nitrogens is 3. The first-order valence-corrected chi connectivity index (χ1v) is 7.42. The van der Waals surface area contributed by atoms with Crippen LogP contribution in [0.15, 0.2) is 35.7 Å². The van der Waals surface area contributed by atoms with Crippen LogP contribution in [0.5, 0.6) is 0 Å². The van der Waals surface area contributed by atoms with Gasteiger partial charge in [0.1, 0.15) is 5.01 Å². The van der Waals surface area contributed by atoms with Crippen molar-refractivity contribution in [3.05, 3.63) is 44.7 Å². The predicted molar refractivity (Wildman–Crippen MR) is 78.1 cm³/mol. The van der Waals surface area contributed by atoms with Gasteiger partial charge in [0, 0.05) is 5.38 Å². The molecule has 0 aliphatic carbocycles. The number of aryl methyl sites for hydroxylation is 1. The first-order chi connectivity index (χ1) is 8.75. The van der Waals surface area contributed by atoms with Crippen molar-refractivity contribution in [2.75, 3.05) is 0 Å². The fraction of sp³-hybridized carbons (Fsp3) is 0.0833. The zero-order valence-corrected chi connectivity index (χ0v) is 12.0. The molecule has 2 heterocycles. The topological polar surface area (TPSA) is 30.7 Å². The molecule has 0 aliphatic rings. The fourth-order valence-corrected chi connectivity index (χ4v) is 3.57. The minimum absolute atomic E-state index is 0.796. The quantitative estimate of drug-likeness (QED) is 0.666. The van der Waals surface area contributed by atoms with Gasteiger partial charge in [-0.1, -0.05) is 41.7 Å². The zero-order chi connectivity index (χ0) is 12.5. The van der Waals surface area contributed by atoms with Gasteiger partial charge in [-0.15, -0.1) is 21.5 Å². The van der Waals surface area contributed by atoms with Gasteiger partial charge < -0.3 is 0 Å². The van der Waals surface area contributed by atoms with E-state index in [2.05, 4.69) is 27.7 Å². The Morgan fingerprint density at radius 2 is 1.94 bits per heavy atom. The molecule has 0 saturated heterocycles. The van der Waals surface area contributed by atoms with Crippen LogP contribution in [0.1, 0.15) is 5.01 Å². The lowest BCUT2D eigenvalue weighted by molar-refractivity contribution is 0.960. The summed E-state index contributed by atoms with van der Waals surface area (Å²) in [6.45, 7) is 1.94. The minimum atomic E-state index is 0.796. The molecule has 0 spiro atoms. The Morgan fingerprint density at radius 1 is 1.17 bits per heavy atom. The van der Waals surface area contributed by atoms with E-state index in [1.54, 1.807) is 22.7 Å². The highest BCUT2D eigenvalue weighted by atomic mass is 32.1. The third-order valence-electron chi connectivity index (χ3n) is 2.47. The summed E-state index contributed by atoms with van der Waals surface area (Å²) in [5.41, 5.74) is 2.21. The molecule has 0 amide bonds. The third kappa shape index (κ3) is 2.03. The van der Waals surface area contributed by atoms with E-state index in [0.717, 1.165) is 25.4 Å². The second-order valence-corrected chi connectivity index (χ2v) is 6.36. The van der Waals surface area contributed by atoms with Crippen LogP contribution in [0.2, 0.25) is 0 Å². The monoisotopic (exact) mass is 291 g/mol. The first kappa shape index (κ1) is 11.7. The molecule has 0 radical (unpaired) electrons. The number of nitrogens with zero attached hydrogens (tertiary/aromatic N) is 3. The van der Waals surface area contributed by atoms with Gasteiger partial charge in [-0.2, -0.15) is 0 Å². The Balaban J connectivity index is 2.22. The maximum Gasteiger partial charge on any atom is 0.218 e. The average Bonchev–Trinajstić information content (AvgIpc) is 2.96. The van der Waals surface area contributed by atoms with E-state index in [1.165, 1.54) is 0 Å². The summed E-state index contributed by atoms with van der Waals surface area (Å²) >= 11 is 8.48. The molecule has 0 unspecified atom stereocenters. The van der Waals surface area contributed by atoms with E-state index in [4.69, 9.17) is 12.2 Å². The van der Waals surface area contributed by atoms with Crippen LogP contribution in [0.3, 0.4) is 0 Å². The van der Waals surface area contributed by atoms with Crippen molar-refractivity contribution < 1.29 is 0 Å². The smallest absolute Gasteiger partial charge is 0.218 e. The average molecular weight is 291 g/mol. The maximum atomic E-state index is 5.38. The van der Waals surface area contributed by atoms with Crippen LogP contribution < -0.4 is 0 Å². The molecule has 90 valence electrons. The summed E-state index contributed by atoms with van der Waals surface area (Å²) in [5, 5.41) is 12.1. The number of rotatable bonds is 2. The Kier molecular flexibility index (Phi) is 3.07. The summed E-state index contributed by atoms with van der Waals surface area (Å²) in [4.78, 5) is 0. The summed E-state index contributed by atoms with van der Waals surface area (Å²) < 4.78 is 2.78. The van der Waals surface area contributed by atoms with Crippen LogP contribution >= 0.6 is 34.9 Å². The van der Waals surface area contributed by atoms with Crippen molar-refractivity contribution in [1.82, 2.24) is 14.8 Å². The van der Waals surface area contributed by atoms with E-state index in [9.17, 15) is 0 Å². The van der Waals surface area contributed by atoms with E-state index < -0.39 is 0 Å². The highest BCUT2D eigenvalue weighted by Gasteiger charge is 2.12. The first-order valence-electron chi connectivity index (χ1n) is 5.32. The molecule has 3 rings (SSSR count). The minimum Gasteiger partial charge on any atom is -0.265 e. The SMILES string of the molecule is Cc1nnc(-n2c(-c3ccccc3)csc2=S)s1. The molecular formula is C12H9N3S3. The van der Waals surface area contributed by atoms with Gasteiger partial charge in [-0.25, -0.2) is 0 Å². The molecule has 1 aromatic carbocycles. The molecular weight excluding hydrogens is 282 g/mol. The van der Waals surface area contributed by atoms with Gasteiger partial charge in [0.05, 0.1) is 5.69 Å².